The van der Waals surface area contributed by atoms with Crippen LogP contribution in [-0.4, -0.2) is 28.2 Å². The van der Waals surface area contributed by atoms with E-state index in [4.69, 9.17) is 9.47 Å². The molecule has 7 heteroatoms. The van der Waals surface area contributed by atoms with E-state index in [1.165, 1.54) is 0 Å². The first kappa shape index (κ1) is 19.1. The van der Waals surface area contributed by atoms with Gasteiger partial charge in [0.25, 0.3) is 0 Å². The predicted octanol–water partition coefficient (Wildman–Crippen LogP) is 4.86. The molecule has 134 valence electrons. The van der Waals surface area contributed by atoms with E-state index < -0.39 is 16.1 Å². The molecule has 0 radical (unpaired) electrons. The van der Waals surface area contributed by atoms with E-state index in [1.54, 1.807) is 11.3 Å². The molecular formula is C18H20BrNO3S2. The third-order valence-corrected chi connectivity index (χ3v) is 6.39. The Kier molecular flexibility index (Phi) is 6.03. The van der Waals surface area contributed by atoms with Crippen molar-refractivity contribution in [1.82, 2.24) is 0 Å². The quantitative estimate of drug-likeness (QED) is 0.502. The molecule has 1 saturated heterocycles. The number of hydrogen-bond donors (Lipinski definition) is 0. The van der Waals surface area contributed by atoms with E-state index in [0.29, 0.717) is 13.2 Å². The summed E-state index contributed by atoms with van der Waals surface area (Å²) in [6.45, 7) is 6.98. The summed E-state index contributed by atoms with van der Waals surface area (Å²) >= 11 is 3.71. The van der Waals surface area contributed by atoms with Gasteiger partial charge >= 0.3 is 0 Å². The van der Waals surface area contributed by atoms with Gasteiger partial charge in [-0.2, -0.15) is 0 Å². The van der Waals surface area contributed by atoms with Crippen LogP contribution in [0.3, 0.4) is 0 Å². The lowest BCUT2D eigenvalue weighted by Gasteiger charge is -2.19. The monoisotopic (exact) mass is 441 g/mol. The highest BCUT2D eigenvalue weighted by Gasteiger charge is 2.29. The first-order valence-electron chi connectivity index (χ1n) is 7.93. The zero-order valence-corrected chi connectivity index (χ0v) is 17.5. The zero-order valence-electron chi connectivity index (χ0n) is 14.3. The molecule has 1 aliphatic heterocycles. The van der Waals surface area contributed by atoms with Crippen molar-refractivity contribution in [2.45, 2.75) is 31.8 Å². The number of halogens is 1. The number of benzene rings is 1. The summed E-state index contributed by atoms with van der Waals surface area (Å²) < 4.78 is 28.9. The number of thiophene rings is 1. The lowest BCUT2D eigenvalue weighted by atomic mass is 10.1. The highest BCUT2D eigenvalue weighted by atomic mass is 79.9. The molecule has 0 saturated carbocycles. The molecule has 3 rings (SSSR count). The van der Waals surface area contributed by atoms with Crippen LogP contribution in [0.5, 0.6) is 0 Å². The van der Waals surface area contributed by atoms with Gasteiger partial charge in [0, 0.05) is 21.0 Å². The van der Waals surface area contributed by atoms with Crippen molar-refractivity contribution in [2.24, 2.45) is 4.40 Å². The maximum absolute atomic E-state index is 12.6. The highest BCUT2D eigenvalue weighted by Crippen LogP contribution is 2.31. The van der Waals surface area contributed by atoms with Gasteiger partial charge in [0.15, 0.2) is 6.29 Å². The van der Waals surface area contributed by atoms with Crippen molar-refractivity contribution in [1.29, 1.82) is 0 Å². The van der Waals surface area contributed by atoms with Gasteiger partial charge in [-0.25, -0.2) is 0 Å². The Hall–Kier alpha value is -0.700. The van der Waals surface area contributed by atoms with Crippen LogP contribution in [0.4, 0.5) is 0 Å². The van der Waals surface area contributed by atoms with Gasteiger partial charge in [-0.3, -0.25) is 0 Å². The van der Waals surface area contributed by atoms with Gasteiger partial charge in [-0.05, 0) is 39.0 Å². The molecule has 0 bridgehead atoms. The van der Waals surface area contributed by atoms with Gasteiger partial charge in [-0.1, -0.05) is 32.5 Å². The largest absolute Gasteiger partial charge is 0.591 e. The van der Waals surface area contributed by atoms with E-state index in [2.05, 4.69) is 20.3 Å². The fourth-order valence-corrected chi connectivity index (χ4v) is 4.19. The second-order valence-corrected chi connectivity index (χ2v) is 10.4. The molecule has 1 aromatic heterocycles. The second kappa shape index (κ2) is 7.90. The smallest absolute Gasteiger partial charge is 0.193 e. The minimum Gasteiger partial charge on any atom is -0.591 e. The average molecular weight is 442 g/mol. The van der Waals surface area contributed by atoms with Crippen molar-refractivity contribution in [3.8, 4) is 0 Å². The first-order chi connectivity index (χ1) is 11.8. The van der Waals surface area contributed by atoms with E-state index in [9.17, 15) is 4.55 Å². The molecule has 0 N–H and O–H groups in total. The summed E-state index contributed by atoms with van der Waals surface area (Å²) in [5.41, 5.74) is 2.56. The van der Waals surface area contributed by atoms with Crippen molar-refractivity contribution in [2.75, 3.05) is 13.2 Å². The normalized spacial score (nSPS) is 17.9. The Labute approximate surface area is 163 Å². The summed E-state index contributed by atoms with van der Waals surface area (Å²) in [5.74, 6) is 0. The van der Waals surface area contributed by atoms with Crippen molar-refractivity contribution < 1.29 is 14.0 Å². The number of nitrogens with zero attached hydrogens (tertiary/aromatic N) is 1. The van der Waals surface area contributed by atoms with Crippen molar-refractivity contribution in [3.05, 3.63) is 56.2 Å². The molecule has 25 heavy (non-hydrogen) atoms. The lowest BCUT2D eigenvalue weighted by Crippen LogP contribution is -2.27. The lowest BCUT2D eigenvalue weighted by molar-refractivity contribution is -0.0413. The van der Waals surface area contributed by atoms with Gasteiger partial charge < -0.3 is 14.0 Å². The van der Waals surface area contributed by atoms with Crippen LogP contribution in [-0.2, 0) is 20.8 Å². The van der Waals surface area contributed by atoms with Crippen LogP contribution in [0.1, 0.15) is 43.1 Å². The predicted molar refractivity (Wildman–Crippen MR) is 107 cm³/mol. The third-order valence-electron chi connectivity index (χ3n) is 3.54. The first-order valence-corrected chi connectivity index (χ1v) is 10.7. The van der Waals surface area contributed by atoms with Crippen LogP contribution >= 0.6 is 27.3 Å². The minimum absolute atomic E-state index is 0.310. The Morgan fingerprint density at radius 2 is 1.96 bits per heavy atom. The van der Waals surface area contributed by atoms with Crippen LogP contribution in [0.15, 0.2) is 44.6 Å². The SMILES string of the molecule is CC(C)(C)[S+]([O-])/N=C(\c1cccc(Br)c1)c1csc(C2OCCO2)c1. The number of rotatable bonds is 4. The number of ether oxygens (including phenoxy) is 2. The molecule has 2 heterocycles. The molecule has 1 unspecified atom stereocenters. The standard InChI is InChI=1S/C18H20BrNO3S2/c1-18(2,3)25(21)20-16(12-5-4-6-14(19)9-12)13-10-15(24-11-13)17-22-7-8-23-17/h4-6,9-11,17H,7-8H2,1-3H3/b20-16+. The van der Waals surface area contributed by atoms with Crippen LogP contribution < -0.4 is 0 Å². The summed E-state index contributed by atoms with van der Waals surface area (Å²) in [5, 5.41) is 2.01. The molecule has 1 fully saturated rings. The van der Waals surface area contributed by atoms with Crippen molar-refractivity contribution >= 4 is 44.3 Å². The summed E-state index contributed by atoms with van der Waals surface area (Å²) in [6, 6.07) is 9.88. The fraction of sp³-hybridized carbons (Fsp3) is 0.389. The van der Waals surface area contributed by atoms with Crippen LogP contribution in [0, 0.1) is 0 Å². The van der Waals surface area contributed by atoms with E-state index in [0.717, 1.165) is 26.2 Å². The molecular weight excluding hydrogens is 422 g/mol. The Balaban J connectivity index is 2.00. The zero-order chi connectivity index (χ0) is 18.0. The third kappa shape index (κ3) is 4.72. The molecule has 1 aliphatic rings. The maximum atomic E-state index is 12.6. The Morgan fingerprint density at radius 3 is 2.60 bits per heavy atom. The Morgan fingerprint density at radius 1 is 1.24 bits per heavy atom. The van der Waals surface area contributed by atoms with Gasteiger partial charge in [-0.15, -0.1) is 11.3 Å². The van der Waals surface area contributed by atoms with Gasteiger partial charge in [0.2, 0.25) is 0 Å². The highest BCUT2D eigenvalue weighted by molar-refractivity contribution is 9.10. The summed E-state index contributed by atoms with van der Waals surface area (Å²) in [7, 11) is 0. The summed E-state index contributed by atoms with van der Waals surface area (Å²) in [4.78, 5) is 0.997. The molecule has 2 aromatic rings. The molecule has 0 amide bonds. The van der Waals surface area contributed by atoms with E-state index in [1.807, 2.05) is 56.5 Å². The van der Waals surface area contributed by atoms with Gasteiger partial charge in [0.1, 0.15) is 21.8 Å². The van der Waals surface area contributed by atoms with Crippen LogP contribution in [0.25, 0.3) is 0 Å². The average Bonchev–Trinajstić information content (AvgIpc) is 3.22. The maximum Gasteiger partial charge on any atom is 0.193 e. The molecule has 0 aliphatic carbocycles. The summed E-state index contributed by atoms with van der Waals surface area (Å²) in [6.07, 6.45) is -0.310. The molecule has 1 atom stereocenters. The molecule has 0 spiro atoms. The van der Waals surface area contributed by atoms with Gasteiger partial charge in [0.05, 0.1) is 18.1 Å². The van der Waals surface area contributed by atoms with E-state index >= 15 is 0 Å². The second-order valence-electron chi connectivity index (χ2n) is 6.62. The van der Waals surface area contributed by atoms with Crippen molar-refractivity contribution in [3.63, 3.8) is 0 Å². The fourth-order valence-electron chi connectivity index (χ4n) is 2.25. The molecule has 4 nitrogen and oxygen atoms in total. The van der Waals surface area contributed by atoms with E-state index in [-0.39, 0.29) is 6.29 Å². The van der Waals surface area contributed by atoms with Crippen LogP contribution in [0.2, 0.25) is 0 Å². The minimum atomic E-state index is -1.35. The topological polar surface area (TPSA) is 53.9 Å². The molecule has 1 aromatic carbocycles. The Bertz CT molecular complexity index is 764. The number of hydrogen-bond acceptors (Lipinski definition) is 5.